The number of oxazole rings is 1. The lowest BCUT2D eigenvalue weighted by molar-refractivity contribution is 0.224. The molecule has 0 spiro atoms. The predicted octanol–water partition coefficient (Wildman–Crippen LogP) is 3.08. The molecule has 2 aromatic rings. The smallest absolute Gasteiger partial charge is 0.214 e. The van der Waals surface area contributed by atoms with Crippen molar-refractivity contribution in [3.05, 3.63) is 46.6 Å². The summed E-state index contributed by atoms with van der Waals surface area (Å²) in [6.07, 6.45) is -0.0315. The van der Waals surface area contributed by atoms with Crippen molar-refractivity contribution < 1.29 is 9.15 Å². The number of aromatic nitrogens is 1. The van der Waals surface area contributed by atoms with Crippen molar-refractivity contribution in [2.45, 2.75) is 33.4 Å². The fourth-order valence-electron chi connectivity index (χ4n) is 2.02. The van der Waals surface area contributed by atoms with Crippen molar-refractivity contribution in [2.24, 2.45) is 4.99 Å². The lowest BCUT2D eigenvalue weighted by atomic mass is 10.3. The maximum absolute atomic E-state index is 5.86. The first kappa shape index (κ1) is 18.1. The number of hydrogen-bond acceptors (Lipinski definition) is 4. The number of hydrogen-bond donors (Lipinski definition) is 2. The number of aliphatic imine (C=N–C) groups is 1. The van der Waals surface area contributed by atoms with Crippen LogP contribution in [0, 0.1) is 13.8 Å². The fourth-order valence-corrected chi connectivity index (χ4v) is 2.15. The second-order valence-electron chi connectivity index (χ2n) is 5.44. The number of benzene rings is 1. The average molecular weight is 351 g/mol. The maximum atomic E-state index is 5.86. The summed E-state index contributed by atoms with van der Waals surface area (Å²) in [7, 11) is 1.71. The van der Waals surface area contributed by atoms with Gasteiger partial charge in [0.25, 0.3) is 0 Å². The highest BCUT2D eigenvalue weighted by atomic mass is 35.5. The van der Waals surface area contributed by atoms with Gasteiger partial charge in [-0.15, -0.1) is 0 Å². The molecule has 1 aromatic carbocycles. The molecule has 24 heavy (non-hydrogen) atoms. The van der Waals surface area contributed by atoms with Crippen molar-refractivity contribution in [2.75, 3.05) is 13.6 Å². The van der Waals surface area contributed by atoms with Crippen LogP contribution in [0.3, 0.4) is 0 Å². The van der Waals surface area contributed by atoms with E-state index in [1.54, 1.807) is 19.2 Å². The van der Waals surface area contributed by atoms with Crippen LogP contribution in [0.4, 0.5) is 0 Å². The zero-order valence-corrected chi connectivity index (χ0v) is 15.1. The third-order valence-corrected chi connectivity index (χ3v) is 3.66. The average Bonchev–Trinajstić information content (AvgIpc) is 2.88. The monoisotopic (exact) mass is 350 g/mol. The van der Waals surface area contributed by atoms with Gasteiger partial charge in [0.2, 0.25) is 5.89 Å². The molecule has 0 aliphatic carbocycles. The lowest BCUT2D eigenvalue weighted by Crippen LogP contribution is -2.41. The van der Waals surface area contributed by atoms with Crippen molar-refractivity contribution >= 4 is 17.6 Å². The zero-order chi connectivity index (χ0) is 17.5. The van der Waals surface area contributed by atoms with Gasteiger partial charge in [-0.3, -0.25) is 4.99 Å². The molecule has 7 heteroatoms. The van der Waals surface area contributed by atoms with Crippen LogP contribution in [-0.2, 0) is 6.54 Å². The quantitative estimate of drug-likeness (QED) is 0.618. The van der Waals surface area contributed by atoms with E-state index in [4.69, 9.17) is 20.8 Å². The number of nitrogens with one attached hydrogen (secondary N) is 2. The Labute approximate surface area is 147 Å². The van der Waals surface area contributed by atoms with Crippen LogP contribution in [0.2, 0.25) is 5.02 Å². The molecule has 0 amide bonds. The van der Waals surface area contributed by atoms with Gasteiger partial charge in [0.05, 0.1) is 18.8 Å². The van der Waals surface area contributed by atoms with Gasteiger partial charge in [0.1, 0.15) is 17.6 Å². The molecular weight excluding hydrogens is 328 g/mol. The van der Waals surface area contributed by atoms with Crippen molar-refractivity contribution in [1.82, 2.24) is 15.6 Å². The molecule has 0 saturated heterocycles. The minimum absolute atomic E-state index is 0.0315. The molecule has 1 unspecified atom stereocenters. The highest BCUT2D eigenvalue weighted by Gasteiger charge is 2.08. The largest absolute Gasteiger partial charge is 0.489 e. The number of aryl methyl sites for hydroxylation is 2. The first-order chi connectivity index (χ1) is 11.5. The highest BCUT2D eigenvalue weighted by molar-refractivity contribution is 6.30. The molecule has 0 aliphatic heterocycles. The van der Waals surface area contributed by atoms with Crippen LogP contribution in [0.15, 0.2) is 33.7 Å². The van der Waals surface area contributed by atoms with Crippen LogP contribution >= 0.6 is 11.6 Å². The van der Waals surface area contributed by atoms with E-state index in [0.29, 0.717) is 30.0 Å². The lowest BCUT2D eigenvalue weighted by Gasteiger charge is -2.17. The SMILES string of the molecule is CN=C(NCc1nc(C)c(C)o1)NCC(C)Oc1ccc(Cl)cc1. The zero-order valence-electron chi connectivity index (χ0n) is 14.4. The summed E-state index contributed by atoms with van der Waals surface area (Å²) in [5.41, 5.74) is 0.903. The van der Waals surface area contributed by atoms with Crippen LogP contribution in [0.5, 0.6) is 5.75 Å². The molecule has 0 fully saturated rings. The Morgan fingerprint density at radius 2 is 2.00 bits per heavy atom. The minimum Gasteiger partial charge on any atom is -0.489 e. The molecule has 2 rings (SSSR count). The molecule has 0 aliphatic rings. The van der Waals surface area contributed by atoms with E-state index in [2.05, 4.69) is 20.6 Å². The number of rotatable bonds is 6. The van der Waals surface area contributed by atoms with Gasteiger partial charge in [-0.25, -0.2) is 4.98 Å². The Hall–Kier alpha value is -2.21. The Kier molecular flexibility index (Phi) is 6.49. The number of ether oxygens (including phenoxy) is 1. The molecule has 6 nitrogen and oxygen atoms in total. The normalized spacial score (nSPS) is 12.8. The van der Waals surface area contributed by atoms with Gasteiger partial charge >= 0.3 is 0 Å². The molecule has 0 saturated carbocycles. The number of halogens is 1. The maximum Gasteiger partial charge on any atom is 0.214 e. The molecule has 0 radical (unpaired) electrons. The van der Waals surface area contributed by atoms with Crippen LogP contribution in [0.25, 0.3) is 0 Å². The number of nitrogens with zero attached hydrogens (tertiary/aromatic N) is 2. The van der Waals surface area contributed by atoms with E-state index in [0.717, 1.165) is 17.2 Å². The first-order valence-corrected chi connectivity index (χ1v) is 8.15. The van der Waals surface area contributed by atoms with E-state index in [9.17, 15) is 0 Å². The summed E-state index contributed by atoms with van der Waals surface area (Å²) in [5, 5.41) is 7.06. The van der Waals surface area contributed by atoms with E-state index < -0.39 is 0 Å². The molecular formula is C17H23ClN4O2. The third kappa shape index (κ3) is 5.45. The summed E-state index contributed by atoms with van der Waals surface area (Å²) < 4.78 is 11.3. The topological polar surface area (TPSA) is 71.7 Å². The third-order valence-electron chi connectivity index (χ3n) is 3.41. The van der Waals surface area contributed by atoms with Gasteiger partial charge in [0.15, 0.2) is 5.96 Å². The van der Waals surface area contributed by atoms with E-state index in [-0.39, 0.29) is 6.10 Å². The van der Waals surface area contributed by atoms with E-state index in [1.807, 2.05) is 32.9 Å². The Morgan fingerprint density at radius 3 is 2.58 bits per heavy atom. The van der Waals surface area contributed by atoms with Gasteiger partial charge in [-0.1, -0.05) is 11.6 Å². The van der Waals surface area contributed by atoms with E-state index >= 15 is 0 Å². The van der Waals surface area contributed by atoms with Gasteiger partial charge in [-0.05, 0) is 45.0 Å². The van der Waals surface area contributed by atoms with Crippen LogP contribution in [-0.4, -0.2) is 30.6 Å². The second-order valence-corrected chi connectivity index (χ2v) is 5.87. The fraction of sp³-hybridized carbons (Fsp3) is 0.412. The Morgan fingerprint density at radius 1 is 1.29 bits per heavy atom. The van der Waals surface area contributed by atoms with Crippen molar-refractivity contribution in [3.8, 4) is 5.75 Å². The first-order valence-electron chi connectivity index (χ1n) is 7.77. The molecule has 1 aromatic heterocycles. The molecule has 2 N–H and O–H groups in total. The van der Waals surface area contributed by atoms with Crippen LogP contribution < -0.4 is 15.4 Å². The second kappa shape index (κ2) is 8.59. The molecule has 130 valence electrons. The van der Waals surface area contributed by atoms with Gasteiger partial charge in [0, 0.05) is 12.1 Å². The summed E-state index contributed by atoms with van der Waals surface area (Å²) in [4.78, 5) is 8.50. The predicted molar refractivity (Wildman–Crippen MR) is 95.7 cm³/mol. The summed E-state index contributed by atoms with van der Waals surface area (Å²) in [6.45, 7) is 6.88. The summed E-state index contributed by atoms with van der Waals surface area (Å²) in [6, 6.07) is 7.30. The van der Waals surface area contributed by atoms with E-state index in [1.165, 1.54) is 0 Å². The van der Waals surface area contributed by atoms with Gasteiger partial charge in [-0.2, -0.15) is 0 Å². The standard InChI is InChI=1S/C17H23ClN4O2/c1-11(23-15-7-5-14(18)6-8-15)9-20-17(19-4)21-10-16-22-12(2)13(3)24-16/h5-8,11H,9-10H2,1-4H3,(H2,19,20,21). The summed E-state index contributed by atoms with van der Waals surface area (Å²) in [5.74, 6) is 2.91. The highest BCUT2D eigenvalue weighted by Crippen LogP contribution is 2.16. The summed E-state index contributed by atoms with van der Waals surface area (Å²) >= 11 is 5.86. The molecule has 1 atom stereocenters. The minimum atomic E-state index is -0.0315. The number of guanidine groups is 1. The van der Waals surface area contributed by atoms with Crippen LogP contribution in [0.1, 0.15) is 24.3 Å². The van der Waals surface area contributed by atoms with Gasteiger partial charge < -0.3 is 19.8 Å². The molecule has 0 bridgehead atoms. The Balaban J connectivity index is 1.77. The van der Waals surface area contributed by atoms with Crippen molar-refractivity contribution in [1.29, 1.82) is 0 Å². The molecule has 1 heterocycles. The Bertz CT molecular complexity index is 663. The van der Waals surface area contributed by atoms with Crippen molar-refractivity contribution in [3.63, 3.8) is 0 Å².